The first-order valence-corrected chi connectivity index (χ1v) is 7.37. The van der Waals surface area contributed by atoms with E-state index >= 15 is 0 Å². The lowest BCUT2D eigenvalue weighted by atomic mass is 9.87. The first-order valence-electron chi connectivity index (χ1n) is 7.37. The second-order valence-corrected chi connectivity index (χ2v) is 6.70. The molecular weight excluding hydrogens is 311 g/mol. The van der Waals surface area contributed by atoms with Gasteiger partial charge in [0.1, 0.15) is 12.1 Å². The number of hydrogen-bond acceptors (Lipinski definition) is 5. The van der Waals surface area contributed by atoms with Crippen molar-refractivity contribution in [1.82, 2.24) is 19.6 Å². The molecule has 126 valence electrons. The van der Waals surface area contributed by atoms with Gasteiger partial charge in [-0.05, 0) is 18.3 Å². The standard InChI is InChI=1S/C14H18F3N5O/c1-13(2)6-9(23)3-4-21(7-13)11-5-10(14(15,16)17)20-12-18-8-19-22(11)12/h5,8-9,23H,3-4,6-7H2,1-2H3. The Hall–Kier alpha value is -1.90. The van der Waals surface area contributed by atoms with E-state index in [9.17, 15) is 18.3 Å². The number of fused-ring (bicyclic) bond motifs is 1. The Bertz CT molecular complexity index is 712. The van der Waals surface area contributed by atoms with Gasteiger partial charge >= 0.3 is 6.18 Å². The lowest BCUT2D eigenvalue weighted by Gasteiger charge is -2.31. The number of aliphatic hydroxyl groups excluding tert-OH is 1. The van der Waals surface area contributed by atoms with Crippen molar-refractivity contribution < 1.29 is 18.3 Å². The lowest BCUT2D eigenvalue weighted by Crippen LogP contribution is -2.34. The molecule has 0 amide bonds. The van der Waals surface area contributed by atoms with Crippen LogP contribution in [0, 0.1) is 5.41 Å². The molecule has 0 aromatic carbocycles. The Kier molecular flexibility index (Phi) is 3.70. The Labute approximate surface area is 131 Å². The molecule has 0 spiro atoms. The van der Waals surface area contributed by atoms with E-state index in [0.717, 1.165) is 6.07 Å². The molecule has 0 aliphatic carbocycles. The molecule has 9 heteroatoms. The van der Waals surface area contributed by atoms with E-state index in [1.165, 1.54) is 10.8 Å². The smallest absolute Gasteiger partial charge is 0.393 e. The van der Waals surface area contributed by atoms with E-state index in [4.69, 9.17) is 0 Å². The summed E-state index contributed by atoms with van der Waals surface area (Å²) in [5, 5.41) is 14.0. The zero-order valence-corrected chi connectivity index (χ0v) is 12.9. The molecule has 2 aromatic rings. The zero-order valence-electron chi connectivity index (χ0n) is 12.9. The van der Waals surface area contributed by atoms with Gasteiger partial charge in [-0.3, -0.25) is 0 Å². The van der Waals surface area contributed by atoms with E-state index in [2.05, 4.69) is 15.1 Å². The summed E-state index contributed by atoms with van der Waals surface area (Å²) < 4.78 is 40.6. The molecule has 1 N–H and O–H groups in total. The first kappa shape index (κ1) is 16.0. The number of rotatable bonds is 1. The van der Waals surface area contributed by atoms with Crippen molar-refractivity contribution in [2.75, 3.05) is 18.0 Å². The molecule has 1 aliphatic rings. The molecule has 3 heterocycles. The molecule has 1 unspecified atom stereocenters. The van der Waals surface area contributed by atoms with Crippen LogP contribution in [0.25, 0.3) is 5.78 Å². The van der Waals surface area contributed by atoms with E-state index in [-0.39, 0.29) is 11.2 Å². The van der Waals surface area contributed by atoms with Crippen molar-refractivity contribution in [2.45, 2.75) is 39.0 Å². The predicted octanol–water partition coefficient (Wildman–Crippen LogP) is 2.13. The van der Waals surface area contributed by atoms with E-state index < -0.39 is 18.0 Å². The number of aromatic nitrogens is 4. The second-order valence-electron chi connectivity index (χ2n) is 6.70. The summed E-state index contributed by atoms with van der Waals surface area (Å²) in [6.45, 7) is 4.93. The van der Waals surface area contributed by atoms with Gasteiger partial charge < -0.3 is 10.0 Å². The van der Waals surface area contributed by atoms with Gasteiger partial charge in [0, 0.05) is 19.2 Å². The average molecular weight is 329 g/mol. The van der Waals surface area contributed by atoms with E-state index in [1.807, 2.05) is 18.7 Å². The number of alkyl halides is 3. The van der Waals surface area contributed by atoms with E-state index in [0.29, 0.717) is 31.7 Å². The number of hydrogen-bond donors (Lipinski definition) is 1. The van der Waals surface area contributed by atoms with Gasteiger partial charge in [0.15, 0.2) is 5.69 Å². The molecule has 1 aliphatic heterocycles. The highest BCUT2D eigenvalue weighted by atomic mass is 19.4. The van der Waals surface area contributed by atoms with Gasteiger partial charge in [-0.1, -0.05) is 13.8 Å². The van der Waals surface area contributed by atoms with Crippen molar-refractivity contribution in [2.24, 2.45) is 5.41 Å². The van der Waals surface area contributed by atoms with Gasteiger partial charge in [-0.2, -0.15) is 27.8 Å². The highest BCUT2D eigenvalue weighted by molar-refractivity contribution is 5.48. The topological polar surface area (TPSA) is 66.5 Å². The molecule has 23 heavy (non-hydrogen) atoms. The summed E-state index contributed by atoms with van der Waals surface area (Å²) in [5.41, 5.74) is -1.22. The Morgan fingerprint density at radius 2 is 2.09 bits per heavy atom. The fourth-order valence-corrected chi connectivity index (χ4v) is 3.07. The Morgan fingerprint density at radius 3 is 2.78 bits per heavy atom. The molecule has 6 nitrogen and oxygen atoms in total. The normalized spacial score (nSPS) is 22.3. The molecule has 3 rings (SSSR count). The summed E-state index contributed by atoms with van der Waals surface area (Å²) in [6.07, 6.45) is -2.75. The maximum Gasteiger partial charge on any atom is 0.433 e. The van der Waals surface area contributed by atoms with Crippen LogP contribution in [0.15, 0.2) is 12.4 Å². The highest BCUT2D eigenvalue weighted by Crippen LogP contribution is 2.34. The second kappa shape index (κ2) is 5.33. The molecular formula is C14H18F3N5O. The van der Waals surface area contributed by atoms with Crippen molar-refractivity contribution in [1.29, 1.82) is 0 Å². The summed E-state index contributed by atoms with van der Waals surface area (Å²) in [7, 11) is 0. The van der Waals surface area contributed by atoms with Crippen LogP contribution in [-0.2, 0) is 6.18 Å². The van der Waals surface area contributed by atoms with Crippen LogP contribution in [0.5, 0.6) is 0 Å². The van der Waals surface area contributed by atoms with Crippen LogP contribution in [0.3, 0.4) is 0 Å². The van der Waals surface area contributed by atoms with Gasteiger partial charge in [-0.25, -0.2) is 4.98 Å². The van der Waals surface area contributed by atoms with Crippen LogP contribution in [-0.4, -0.2) is 43.9 Å². The van der Waals surface area contributed by atoms with Gasteiger partial charge in [0.2, 0.25) is 0 Å². The van der Waals surface area contributed by atoms with Gasteiger partial charge in [-0.15, -0.1) is 0 Å². The average Bonchev–Trinajstić information content (AvgIpc) is 2.83. The number of nitrogens with zero attached hydrogens (tertiary/aromatic N) is 5. The number of halogens is 3. The molecule has 2 aromatic heterocycles. The van der Waals surface area contributed by atoms with Crippen molar-refractivity contribution >= 4 is 11.6 Å². The Morgan fingerprint density at radius 1 is 1.35 bits per heavy atom. The van der Waals surface area contributed by atoms with Crippen LogP contribution >= 0.6 is 0 Å². The number of aliphatic hydroxyl groups is 1. The largest absolute Gasteiger partial charge is 0.433 e. The molecule has 0 saturated carbocycles. The quantitative estimate of drug-likeness (QED) is 0.868. The zero-order chi connectivity index (χ0) is 16.8. The third kappa shape index (κ3) is 3.24. The maximum atomic E-state index is 13.1. The SMILES string of the molecule is CC1(C)CC(O)CCN(c2cc(C(F)(F)F)nc3ncnn23)C1. The third-order valence-electron chi connectivity index (χ3n) is 3.99. The van der Waals surface area contributed by atoms with Crippen LogP contribution < -0.4 is 4.90 Å². The molecule has 1 saturated heterocycles. The van der Waals surface area contributed by atoms with Crippen LogP contribution in [0.1, 0.15) is 32.4 Å². The summed E-state index contributed by atoms with van der Waals surface area (Å²) in [6, 6.07) is 0.995. The van der Waals surface area contributed by atoms with Crippen molar-refractivity contribution in [3.05, 3.63) is 18.1 Å². The minimum absolute atomic E-state index is 0.0857. The Balaban J connectivity index is 2.09. The lowest BCUT2D eigenvalue weighted by molar-refractivity contribution is -0.141. The monoisotopic (exact) mass is 329 g/mol. The first-order chi connectivity index (χ1) is 10.7. The fraction of sp³-hybridized carbons (Fsp3) is 0.643. The van der Waals surface area contributed by atoms with E-state index in [1.54, 1.807) is 0 Å². The number of anilines is 1. The molecule has 0 bridgehead atoms. The van der Waals surface area contributed by atoms with Crippen LogP contribution in [0.2, 0.25) is 0 Å². The van der Waals surface area contributed by atoms with Crippen molar-refractivity contribution in [3.63, 3.8) is 0 Å². The minimum atomic E-state index is -4.55. The molecule has 1 fully saturated rings. The molecule has 0 radical (unpaired) electrons. The fourth-order valence-electron chi connectivity index (χ4n) is 3.07. The molecule has 1 atom stereocenters. The maximum absolute atomic E-state index is 13.1. The van der Waals surface area contributed by atoms with Crippen molar-refractivity contribution in [3.8, 4) is 0 Å². The minimum Gasteiger partial charge on any atom is -0.393 e. The van der Waals surface area contributed by atoms with Crippen LogP contribution in [0.4, 0.5) is 19.0 Å². The summed E-state index contributed by atoms with van der Waals surface area (Å²) in [4.78, 5) is 9.13. The third-order valence-corrected chi connectivity index (χ3v) is 3.99. The van der Waals surface area contributed by atoms with Gasteiger partial charge in [0.25, 0.3) is 5.78 Å². The summed E-state index contributed by atoms with van der Waals surface area (Å²) in [5.74, 6) is 0.208. The predicted molar refractivity (Wildman–Crippen MR) is 77.0 cm³/mol. The van der Waals surface area contributed by atoms with Gasteiger partial charge in [0.05, 0.1) is 6.10 Å². The summed E-state index contributed by atoms with van der Waals surface area (Å²) >= 11 is 0. The highest BCUT2D eigenvalue weighted by Gasteiger charge is 2.36.